The Hall–Kier alpha value is -1.91. The Kier molecular flexibility index (Phi) is 4.14. The van der Waals surface area contributed by atoms with Gasteiger partial charge < -0.3 is 0 Å². The fraction of sp³-hybridized carbons (Fsp3) is 0.143. The Morgan fingerprint density at radius 1 is 0.591 bits per heavy atom. The summed E-state index contributed by atoms with van der Waals surface area (Å²) in [5.41, 5.74) is 9.11. The lowest BCUT2D eigenvalue weighted by Crippen LogP contribution is -1.90. The summed E-state index contributed by atoms with van der Waals surface area (Å²) in [7, 11) is 2.73. The van der Waals surface area contributed by atoms with Crippen LogP contribution >= 0.6 is 9.24 Å². The van der Waals surface area contributed by atoms with Crippen LogP contribution in [0.2, 0.25) is 0 Å². The van der Waals surface area contributed by atoms with Gasteiger partial charge in [0.15, 0.2) is 0 Å². The van der Waals surface area contributed by atoms with Crippen LogP contribution in [0.25, 0.3) is 22.3 Å². The molecule has 0 spiro atoms. The summed E-state index contributed by atoms with van der Waals surface area (Å²) >= 11 is 0. The minimum Gasteiger partial charge on any atom is -0.106 e. The molecule has 0 radical (unpaired) electrons. The van der Waals surface area contributed by atoms with Crippen LogP contribution in [0.4, 0.5) is 0 Å². The molecule has 3 aromatic carbocycles. The first-order valence-electron chi connectivity index (χ1n) is 7.58. The summed E-state index contributed by atoms with van der Waals surface area (Å²) < 4.78 is 0. The maximum Gasteiger partial charge on any atom is -0.0154 e. The minimum absolute atomic E-state index is 1.22. The van der Waals surface area contributed by atoms with E-state index >= 15 is 0 Å². The van der Waals surface area contributed by atoms with E-state index in [-0.39, 0.29) is 0 Å². The molecular formula is C21H21P. The third-order valence-electron chi connectivity index (χ3n) is 4.00. The molecule has 110 valence electrons. The molecule has 1 atom stereocenters. The van der Waals surface area contributed by atoms with Gasteiger partial charge in [-0.2, -0.15) is 0 Å². The number of hydrogen-bond donors (Lipinski definition) is 0. The van der Waals surface area contributed by atoms with Gasteiger partial charge in [-0.15, -0.1) is 9.24 Å². The van der Waals surface area contributed by atoms with Crippen LogP contribution in [0.1, 0.15) is 16.7 Å². The summed E-state index contributed by atoms with van der Waals surface area (Å²) in [5.74, 6) is 0. The smallest absolute Gasteiger partial charge is 0.0154 e. The molecule has 0 N–H and O–H groups in total. The Morgan fingerprint density at radius 3 is 1.77 bits per heavy atom. The van der Waals surface area contributed by atoms with Gasteiger partial charge in [-0.1, -0.05) is 71.8 Å². The maximum absolute atomic E-state index is 2.73. The first-order valence-corrected chi connectivity index (χ1v) is 8.16. The Balaban J connectivity index is 2.03. The fourth-order valence-electron chi connectivity index (χ4n) is 2.97. The molecule has 1 heteroatoms. The predicted molar refractivity (Wildman–Crippen MR) is 101 cm³/mol. The number of benzene rings is 3. The summed E-state index contributed by atoms with van der Waals surface area (Å²) in [5, 5.41) is 1.22. The molecule has 0 amide bonds. The van der Waals surface area contributed by atoms with Crippen LogP contribution in [-0.2, 0) is 0 Å². The van der Waals surface area contributed by atoms with Crippen molar-refractivity contribution in [3.63, 3.8) is 0 Å². The van der Waals surface area contributed by atoms with Crippen LogP contribution < -0.4 is 5.30 Å². The Bertz CT molecular complexity index is 794. The first kappa shape index (κ1) is 15.0. The highest BCUT2D eigenvalue weighted by Crippen LogP contribution is 2.29. The zero-order chi connectivity index (χ0) is 15.7. The summed E-state index contributed by atoms with van der Waals surface area (Å²) in [6, 6.07) is 22.1. The quantitative estimate of drug-likeness (QED) is 0.553. The van der Waals surface area contributed by atoms with Gasteiger partial charge in [-0.3, -0.25) is 0 Å². The summed E-state index contributed by atoms with van der Waals surface area (Å²) in [6.07, 6.45) is 0. The fourth-order valence-corrected chi connectivity index (χ4v) is 3.17. The van der Waals surface area contributed by atoms with Crippen molar-refractivity contribution in [1.29, 1.82) is 0 Å². The first-order chi connectivity index (χ1) is 10.5. The zero-order valence-corrected chi connectivity index (χ0v) is 14.5. The summed E-state index contributed by atoms with van der Waals surface area (Å²) in [6.45, 7) is 6.51. The van der Waals surface area contributed by atoms with Crippen molar-refractivity contribution in [2.24, 2.45) is 0 Å². The van der Waals surface area contributed by atoms with Crippen molar-refractivity contribution in [1.82, 2.24) is 0 Å². The van der Waals surface area contributed by atoms with E-state index in [1.54, 1.807) is 0 Å². The Morgan fingerprint density at radius 2 is 1.18 bits per heavy atom. The number of rotatable bonds is 2. The molecule has 0 nitrogen and oxygen atoms in total. The molecule has 0 fully saturated rings. The summed E-state index contributed by atoms with van der Waals surface area (Å²) in [4.78, 5) is 0. The average Bonchev–Trinajstić information content (AvgIpc) is 2.46. The van der Waals surface area contributed by atoms with Crippen molar-refractivity contribution in [3.8, 4) is 22.3 Å². The van der Waals surface area contributed by atoms with Crippen molar-refractivity contribution >= 4 is 14.5 Å². The highest BCUT2D eigenvalue weighted by Gasteiger charge is 2.06. The van der Waals surface area contributed by atoms with Gasteiger partial charge in [0.1, 0.15) is 0 Å². The number of aryl methyl sites for hydroxylation is 3. The molecule has 0 heterocycles. The lowest BCUT2D eigenvalue weighted by Gasteiger charge is -2.11. The van der Waals surface area contributed by atoms with Crippen molar-refractivity contribution < 1.29 is 0 Å². The van der Waals surface area contributed by atoms with E-state index < -0.39 is 0 Å². The average molecular weight is 304 g/mol. The molecule has 3 rings (SSSR count). The molecule has 22 heavy (non-hydrogen) atoms. The monoisotopic (exact) mass is 304 g/mol. The molecular weight excluding hydrogens is 283 g/mol. The van der Waals surface area contributed by atoms with E-state index in [9.17, 15) is 0 Å². The number of hydrogen-bond acceptors (Lipinski definition) is 0. The second-order valence-corrected chi connectivity index (χ2v) is 6.69. The Labute approximate surface area is 135 Å². The standard InChI is InChI=1S/C21H21P/c1-14-10-15(2)12-19(11-14)21-9-6-18(13-16(21)3)17-4-7-20(22)8-5-17/h4-13H,22H2,1-3H3. The topological polar surface area (TPSA) is 0 Å². The predicted octanol–water partition coefficient (Wildman–Crippen LogP) is 5.45. The van der Waals surface area contributed by atoms with Crippen molar-refractivity contribution in [2.45, 2.75) is 20.8 Å². The molecule has 0 saturated carbocycles. The lowest BCUT2D eigenvalue weighted by molar-refractivity contribution is 1.37. The van der Waals surface area contributed by atoms with Crippen molar-refractivity contribution in [2.75, 3.05) is 0 Å². The van der Waals surface area contributed by atoms with Crippen LogP contribution in [0.5, 0.6) is 0 Å². The molecule has 0 aliphatic heterocycles. The van der Waals surface area contributed by atoms with Crippen LogP contribution in [0, 0.1) is 20.8 Å². The SMILES string of the molecule is Cc1cc(C)cc(-c2ccc(-c3ccc(P)cc3)cc2C)c1. The molecule has 3 aromatic rings. The van der Waals surface area contributed by atoms with Gasteiger partial charge >= 0.3 is 0 Å². The second-order valence-electron chi connectivity index (χ2n) is 6.03. The highest BCUT2D eigenvalue weighted by molar-refractivity contribution is 7.27. The zero-order valence-electron chi connectivity index (χ0n) is 13.4. The highest BCUT2D eigenvalue weighted by atomic mass is 31.0. The van der Waals surface area contributed by atoms with E-state index in [1.807, 2.05) is 0 Å². The van der Waals surface area contributed by atoms with E-state index in [4.69, 9.17) is 0 Å². The largest absolute Gasteiger partial charge is 0.106 e. The van der Waals surface area contributed by atoms with Gasteiger partial charge in [0.05, 0.1) is 0 Å². The third-order valence-corrected chi connectivity index (χ3v) is 4.39. The van der Waals surface area contributed by atoms with Gasteiger partial charge in [0.2, 0.25) is 0 Å². The second kappa shape index (κ2) is 6.07. The van der Waals surface area contributed by atoms with E-state index in [0.29, 0.717) is 0 Å². The molecule has 0 saturated heterocycles. The molecule has 0 aliphatic carbocycles. The molecule has 0 bridgehead atoms. The lowest BCUT2D eigenvalue weighted by atomic mass is 9.94. The van der Waals surface area contributed by atoms with E-state index in [0.717, 1.165) is 0 Å². The van der Waals surface area contributed by atoms with Crippen LogP contribution in [0.3, 0.4) is 0 Å². The van der Waals surface area contributed by atoms with E-state index in [1.165, 1.54) is 44.2 Å². The van der Waals surface area contributed by atoms with Crippen molar-refractivity contribution in [3.05, 3.63) is 77.4 Å². The van der Waals surface area contributed by atoms with Crippen LogP contribution in [0.15, 0.2) is 60.7 Å². The molecule has 0 aliphatic rings. The maximum atomic E-state index is 2.73. The molecule has 0 aromatic heterocycles. The molecule has 1 unspecified atom stereocenters. The van der Waals surface area contributed by atoms with Gasteiger partial charge in [-0.05, 0) is 53.9 Å². The normalized spacial score (nSPS) is 10.7. The third kappa shape index (κ3) is 3.13. The van der Waals surface area contributed by atoms with Gasteiger partial charge in [0.25, 0.3) is 0 Å². The van der Waals surface area contributed by atoms with E-state index in [2.05, 4.69) is 90.7 Å². The van der Waals surface area contributed by atoms with Gasteiger partial charge in [-0.25, -0.2) is 0 Å². The minimum atomic E-state index is 1.22. The van der Waals surface area contributed by atoms with Crippen LogP contribution in [-0.4, -0.2) is 0 Å². The van der Waals surface area contributed by atoms with Gasteiger partial charge in [0, 0.05) is 0 Å².